The van der Waals surface area contributed by atoms with E-state index in [0.29, 0.717) is 6.42 Å². The summed E-state index contributed by atoms with van der Waals surface area (Å²) in [5, 5.41) is 2.20. The van der Waals surface area contributed by atoms with Crippen molar-refractivity contribution in [2.75, 3.05) is 39.1 Å². The first-order chi connectivity index (χ1) is 18.2. The van der Waals surface area contributed by atoms with Crippen molar-refractivity contribution in [3.05, 3.63) is 89.2 Å². The summed E-state index contributed by atoms with van der Waals surface area (Å²) in [6.07, 6.45) is 4.67. The van der Waals surface area contributed by atoms with E-state index in [1.807, 2.05) is 36.5 Å². The molecule has 5 aromatic rings. The topological polar surface area (TPSA) is 77.9 Å². The first-order valence-corrected chi connectivity index (χ1v) is 13.3. The molecule has 0 unspecified atom stereocenters. The van der Waals surface area contributed by atoms with Crippen LogP contribution in [-0.4, -0.2) is 52.7 Å². The first kappa shape index (κ1) is 23.7. The average molecular weight is 512 g/mol. The molecule has 8 heteroatoms. The minimum atomic E-state index is 0.698. The highest BCUT2D eigenvalue weighted by atomic mass is 32.1. The standard InChI is InChI=1S/C29H29N5O2S/c1-35-22-9-7-20(8-10-22)16-25-23(4-2-6-26(25)30)28-24(5-3-11-31-28)27-18-34-21(19-37-29(34)32-27)17-33-12-14-36-15-13-33/h2-11,18-19H,12-17,30H2,1H3. The maximum absolute atomic E-state index is 6.52. The molecule has 0 atom stereocenters. The van der Waals surface area contributed by atoms with Gasteiger partial charge in [0.2, 0.25) is 0 Å². The van der Waals surface area contributed by atoms with E-state index in [-0.39, 0.29) is 0 Å². The highest BCUT2D eigenvalue weighted by molar-refractivity contribution is 7.15. The number of fused-ring (bicyclic) bond motifs is 1. The van der Waals surface area contributed by atoms with Gasteiger partial charge in [0.15, 0.2) is 4.96 Å². The molecular weight excluding hydrogens is 482 g/mol. The monoisotopic (exact) mass is 511 g/mol. The third kappa shape index (κ3) is 4.83. The molecule has 2 aromatic carbocycles. The van der Waals surface area contributed by atoms with Crippen LogP contribution in [0.5, 0.6) is 5.75 Å². The number of hydrogen-bond acceptors (Lipinski definition) is 7. The Morgan fingerprint density at radius 1 is 1.03 bits per heavy atom. The lowest BCUT2D eigenvalue weighted by molar-refractivity contribution is 0.0336. The smallest absolute Gasteiger partial charge is 0.194 e. The molecule has 1 aliphatic heterocycles. The normalized spacial score (nSPS) is 14.3. The number of benzene rings is 2. The SMILES string of the molecule is COc1ccc(Cc2c(N)cccc2-c2ncccc2-c2cn3c(CN4CCOCC4)csc3n2)cc1. The second kappa shape index (κ2) is 10.3. The van der Waals surface area contributed by atoms with E-state index in [9.17, 15) is 0 Å². The molecule has 0 bridgehead atoms. The van der Waals surface area contributed by atoms with E-state index in [4.69, 9.17) is 25.2 Å². The van der Waals surface area contributed by atoms with Gasteiger partial charge < -0.3 is 15.2 Å². The molecular formula is C29H29N5O2S. The van der Waals surface area contributed by atoms with Gasteiger partial charge in [0.1, 0.15) is 5.75 Å². The Morgan fingerprint density at radius 2 is 1.84 bits per heavy atom. The first-order valence-electron chi connectivity index (χ1n) is 12.4. The number of morpholine rings is 1. The van der Waals surface area contributed by atoms with Gasteiger partial charge in [-0.25, -0.2) is 4.98 Å². The molecule has 188 valence electrons. The predicted octanol–water partition coefficient (Wildman–Crippen LogP) is 5.14. The molecule has 1 aliphatic rings. The fraction of sp³-hybridized carbons (Fsp3) is 0.241. The van der Waals surface area contributed by atoms with E-state index in [0.717, 1.165) is 82.9 Å². The van der Waals surface area contributed by atoms with Crippen LogP contribution < -0.4 is 10.5 Å². The fourth-order valence-electron chi connectivity index (χ4n) is 4.86. The zero-order valence-electron chi connectivity index (χ0n) is 20.8. The molecule has 1 saturated heterocycles. The molecule has 6 rings (SSSR count). The number of thiazole rings is 1. The van der Waals surface area contributed by atoms with E-state index in [2.05, 4.69) is 45.1 Å². The molecule has 0 amide bonds. The van der Waals surface area contributed by atoms with E-state index >= 15 is 0 Å². The van der Waals surface area contributed by atoms with Crippen molar-refractivity contribution in [2.24, 2.45) is 0 Å². The van der Waals surface area contributed by atoms with Crippen LogP contribution in [0.1, 0.15) is 16.8 Å². The van der Waals surface area contributed by atoms with Crippen LogP contribution in [0.25, 0.3) is 27.5 Å². The maximum Gasteiger partial charge on any atom is 0.194 e. The molecule has 3 aromatic heterocycles. The maximum atomic E-state index is 6.52. The summed E-state index contributed by atoms with van der Waals surface area (Å²) in [4.78, 5) is 13.2. The Hall–Kier alpha value is -3.72. The van der Waals surface area contributed by atoms with Gasteiger partial charge in [0.25, 0.3) is 0 Å². The van der Waals surface area contributed by atoms with Gasteiger partial charge in [0, 0.05) is 66.3 Å². The highest BCUT2D eigenvalue weighted by Gasteiger charge is 2.19. The van der Waals surface area contributed by atoms with E-state index < -0.39 is 0 Å². The number of pyridine rings is 1. The van der Waals surface area contributed by atoms with Gasteiger partial charge in [0.05, 0.1) is 31.7 Å². The number of aromatic nitrogens is 3. The Balaban J connectivity index is 1.37. The number of rotatable bonds is 7. The molecule has 1 fully saturated rings. The summed E-state index contributed by atoms with van der Waals surface area (Å²) in [5.74, 6) is 0.838. The number of nitrogens with zero attached hydrogens (tertiary/aromatic N) is 4. The van der Waals surface area contributed by atoms with Crippen LogP contribution in [0.2, 0.25) is 0 Å². The zero-order chi connectivity index (χ0) is 25.2. The molecule has 7 nitrogen and oxygen atoms in total. The summed E-state index contributed by atoms with van der Waals surface area (Å²) < 4.78 is 13.0. The zero-order valence-corrected chi connectivity index (χ0v) is 21.6. The number of nitrogen functional groups attached to an aromatic ring is 1. The van der Waals surface area contributed by atoms with E-state index in [1.54, 1.807) is 18.4 Å². The van der Waals surface area contributed by atoms with Gasteiger partial charge in [-0.05, 0) is 41.5 Å². The van der Waals surface area contributed by atoms with Crippen LogP contribution in [0.15, 0.2) is 72.4 Å². The predicted molar refractivity (Wildman–Crippen MR) is 148 cm³/mol. The third-order valence-electron chi connectivity index (χ3n) is 6.86. The quantitative estimate of drug-likeness (QED) is 0.305. The van der Waals surface area contributed by atoms with Crippen LogP contribution in [-0.2, 0) is 17.7 Å². The molecule has 0 radical (unpaired) electrons. The minimum Gasteiger partial charge on any atom is -0.497 e. The van der Waals surface area contributed by atoms with Gasteiger partial charge in [-0.2, -0.15) is 0 Å². The van der Waals surface area contributed by atoms with E-state index in [1.165, 1.54) is 5.69 Å². The van der Waals surface area contributed by atoms with Gasteiger partial charge in [-0.15, -0.1) is 11.3 Å². The summed E-state index contributed by atoms with van der Waals surface area (Å²) in [6, 6.07) is 18.2. The second-order valence-electron chi connectivity index (χ2n) is 9.19. The van der Waals surface area contributed by atoms with Crippen LogP contribution in [0.4, 0.5) is 5.69 Å². The summed E-state index contributed by atoms with van der Waals surface area (Å²) in [7, 11) is 1.68. The van der Waals surface area contributed by atoms with Crippen LogP contribution >= 0.6 is 11.3 Å². The largest absolute Gasteiger partial charge is 0.497 e. The van der Waals surface area contributed by atoms with Crippen molar-refractivity contribution in [2.45, 2.75) is 13.0 Å². The van der Waals surface area contributed by atoms with Crippen molar-refractivity contribution in [1.29, 1.82) is 0 Å². The number of ether oxygens (including phenoxy) is 2. The molecule has 0 aliphatic carbocycles. The number of hydrogen-bond donors (Lipinski definition) is 1. The number of nitrogens with two attached hydrogens (primary N) is 1. The molecule has 4 heterocycles. The Kier molecular flexibility index (Phi) is 6.61. The Morgan fingerprint density at radius 3 is 2.65 bits per heavy atom. The lowest BCUT2D eigenvalue weighted by Gasteiger charge is -2.26. The summed E-state index contributed by atoms with van der Waals surface area (Å²) >= 11 is 1.67. The molecule has 37 heavy (non-hydrogen) atoms. The minimum absolute atomic E-state index is 0.698. The molecule has 0 saturated carbocycles. The van der Waals surface area contributed by atoms with Gasteiger partial charge in [-0.1, -0.05) is 24.3 Å². The average Bonchev–Trinajstić information content (AvgIpc) is 3.53. The van der Waals surface area contributed by atoms with Crippen molar-refractivity contribution in [3.63, 3.8) is 0 Å². The lowest BCUT2D eigenvalue weighted by atomic mass is 9.93. The highest BCUT2D eigenvalue weighted by Crippen LogP contribution is 2.36. The van der Waals surface area contributed by atoms with Gasteiger partial charge in [-0.3, -0.25) is 14.3 Å². The Labute approximate surface area is 220 Å². The summed E-state index contributed by atoms with van der Waals surface area (Å²) in [6.45, 7) is 4.39. The molecule has 2 N–H and O–H groups in total. The van der Waals surface area contributed by atoms with Crippen molar-refractivity contribution in [3.8, 4) is 28.3 Å². The lowest BCUT2D eigenvalue weighted by Crippen LogP contribution is -2.35. The number of imidazole rings is 1. The molecule has 0 spiro atoms. The summed E-state index contributed by atoms with van der Waals surface area (Å²) in [5.41, 5.74) is 14.6. The fourth-order valence-corrected chi connectivity index (χ4v) is 5.72. The Bertz CT molecular complexity index is 1520. The van der Waals surface area contributed by atoms with Crippen molar-refractivity contribution >= 4 is 22.0 Å². The van der Waals surface area contributed by atoms with Crippen molar-refractivity contribution < 1.29 is 9.47 Å². The van der Waals surface area contributed by atoms with Crippen molar-refractivity contribution in [1.82, 2.24) is 19.3 Å². The third-order valence-corrected chi connectivity index (χ3v) is 7.75. The number of anilines is 1. The second-order valence-corrected chi connectivity index (χ2v) is 10.0. The number of methoxy groups -OCH3 is 1. The van der Waals surface area contributed by atoms with Crippen LogP contribution in [0.3, 0.4) is 0 Å². The van der Waals surface area contributed by atoms with Gasteiger partial charge >= 0.3 is 0 Å². The van der Waals surface area contributed by atoms with Crippen LogP contribution in [0, 0.1) is 0 Å².